The lowest BCUT2D eigenvalue weighted by Crippen LogP contribution is -2.45. The van der Waals surface area contributed by atoms with E-state index in [0.717, 1.165) is 38.5 Å². The maximum absolute atomic E-state index is 12.2. The van der Waals surface area contributed by atoms with Crippen molar-refractivity contribution in [2.24, 2.45) is 0 Å². The van der Waals surface area contributed by atoms with Crippen LogP contribution in [0.4, 0.5) is 0 Å². The molecule has 0 aliphatic carbocycles. The van der Waals surface area contributed by atoms with Crippen LogP contribution < -0.4 is 5.32 Å². The van der Waals surface area contributed by atoms with Crippen molar-refractivity contribution in [3.63, 3.8) is 0 Å². The summed E-state index contributed by atoms with van der Waals surface area (Å²) < 4.78 is 0. The summed E-state index contributed by atoms with van der Waals surface area (Å²) in [4.78, 5) is 12.2. The lowest BCUT2D eigenvalue weighted by molar-refractivity contribution is -0.124. The zero-order valence-electron chi connectivity index (χ0n) is 22.7. The zero-order chi connectivity index (χ0) is 26.0. The number of hydrogen-bond donors (Lipinski definition) is 4. The Morgan fingerprint density at radius 1 is 0.714 bits per heavy atom. The van der Waals surface area contributed by atoms with Gasteiger partial charge in [0.25, 0.3) is 0 Å². The first-order valence-electron chi connectivity index (χ1n) is 14.3. The molecule has 0 rings (SSSR count). The van der Waals surface area contributed by atoms with Crippen molar-refractivity contribution in [3.05, 3.63) is 36.5 Å². The van der Waals surface area contributed by atoms with Crippen LogP contribution in [-0.2, 0) is 4.79 Å². The van der Waals surface area contributed by atoms with Gasteiger partial charge in [0.15, 0.2) is 0 Å². The molecule has 0 aliphatic heterocycles. The molecule has 0 spiro atoms. The highest BCUT2D eigenvalue weighted by Gasteiger charge is 2.19. The molecule has 0 heterocycles. The largest absolute Gasteiger partial charge is 0.394 e. The number of carbonyl (C=O) groups excluding carboxylic acids is 1. The Hall–Kier alpha value is -1.43. The minimum atomic E-state index is -0.952. The Balaban J connectivity index is 3.95. The summed E-state index contributed by atoms with van der Waals surface area (Å²) in [7, 11) is 0. The molecule has 1 amide bonds. The molecule has 4 N–H and O–H groups in total. The summed E-state index contributed by atoms with van der Waals surface area (Å²) in [5, 5.41) is 32.6. The van der Waals surface area contributed by atoms with Gasteiger partial charge in [0.2, 0.25) is 5.91 Å². The van der Waals surface area contributed by atoms with Gasteiger partial charge in [-0.2, -0.15) is 0 Å². The lowest BCUT2D eigenvalue weighted by Gasteiger charge is -2.20. The van der Waals surface area contributed by atoms with Gasteiger partial charge in [-0.05, 0) is 57.8 Å². The normalized spacial score (nSPS) is 14.8. The van der Waals surface area contributed by atoms with Gasteiger partial charge < -0.3 is 20.6 Å². The van der Waals surface area contributed by atoms with Gasteiger partial charge in [-0.1, -0.05) is 95.2 Å². The van der Waals surface area contributed by atoms with E-state index in [-0.39, 0.29) is 18.9 Å². The van der Waals surface area contributed by atoms with Crippen molar-refractivity contribution in [1.82, 2.24) is 5.32 Å². The Bertz CT molecular complexity index is 559. The van der Waals surface area contributed by atoms with E-state index >= 15 is 0 Å². The fourth-order valence-corrected chi connectivity index (χ4v) is 3.88. The smallest absolute Gasteiger partial charge is 0.222 e. The molecule has 0 radical (unpaired) electrons. The quantitative estimate of drug-likeness (QED) is 0.0909. The van der Waals surface area contributed by atoms with Crippen LogP contribution >= 0.6 is 0 Å². The lowest BCUT2D eigenvalue weighted by atomic mass is 10.1. The first-order chi connectivity index (χ1) is 17.0. The first kappa shape index (κ1) is 33.6. The minimum absolute atomic E-state index is 0.0166. The molecule has 0 aromatic carbocycles. The third kappa shape index (κ3) is 22.8. The molecule has 3 unspecified atom stereocenters. The summed E-state index contributed by atoms with van der Waals surface area (Å²) in [6, 6.07) is -0.763. The van der Waals surface area contributed by atoms with Crippen molar-refractivity contribution in [3.8, 4) is 0 Å². The Labute approximate surface area is 215 Å². The molecule has 0 bridgehead atoms. The number of aliphatic hydroxyl groups is 3. The van der Waals surface area contributed by atoms with Crippen LogP contribution in [0.25, 0.3) is 0 Å². The molecule has 0 aromatic heterocycles. The standard InChI is InChI=1S/C30H55NO4/c1-3-5-7-9-11-13-14-16-17-19-21-23-27(33)25-30(35)31-28(26-32)29(34)24-22-20-18-15-12-10-8-6-4-2/h12,15-17,22,24,27-29,32-34H,3-11,13-14,18-21,23,25-26H2,1-2H3,(H,31,35)/b15-12+,17-16-,24-22+. The number of amides is 1. The molecule has 3 atom stereocenters. The van der Waals surface area contributed by atoms with E-state index in [0.29, 0.717) is 6.42 Å². The second-order valence-electron chi connectivity index (χ2n) is 9.64. The van der Waals surface area contributed by atoms with Crippen LogP contribution in [0.1, 0.15) is 123 Å². The molecule has 0 aliphatic rings. The van der Waals surface area contributed by atoms with E-state index in [1.165, 1.54) is 57.8 Å². The molecule has 0 aromatic rings. The van der Waals surface area contributed by atoms with Crippen molar-refractivity contribution >= 4 is 5.91 Å². The van der Waals surface area contributed by atoms with Gasteiger partial charge in [0.05, 0.1) is 31.3 Å². The van der Waals surface area contributed by atoms with Gasteiger partial charge in [-0.15, -0.1) is 0 Å². The van der Waals surface area contributed by atoms with Gasteiger partial charge in [0.1, 0.15) is 0 Å². The highest BCUT2D eigenvalue weighted by atomic mass is 16.3. The predicted molar refractivity (Wildman–Crippen MR) is 148 cm³/mol. The van der Waals surface area contributed by atoms with Crippen LogP contribution in [0.2, 0.25) is 0 Å². The van der Waals surface area contributed by atoms with E-state index in [9.17, 15) is 20.1 Å². The average molecular weight is 494 g/mol. The molecule has 0 saturated carbocycles. The topological polar surface area (TPSA) is 89.8 Å². The van der Waals surface area contributed by atoms with Crippen LogP contribution in [-0.4, -0.2) is 46.1 Å². The van der Waals surface area contributed by atoms with Gasteiger partial charge >= 0.3 is 0 Å². The molecule has 204 valence electrons. The molecule has 0 saturated heterocycles. The summed E-state index contributed by atoms with van der Waals surface area (Å²) in [6.07, 6.45) is 28.4. The molecular weight excluding hydrogens is 438 g/mol. The van der Waals surface area contributed by atoms with Crippen LogP contribution in [0.5, 0.6) is 0 Å². The fourth-order valence-electron chi connectivity index (χ4n) is 3.88. The van der Waals surface area contributed by atoms with Crippen LogP contribution in [0.3, 0.4) is 0 Å². The number of aliphatic hydroxyl groups excluding tert-OH is 3. The molecular formula is C30H55NO4. The Morgan fingerprint density at radius 2 is 1.23 bits per heavy atom. The van der Waals surface area contributed by atoms with Crippen molar-refractivity contribution in [1.29, 1.82) is 0 Å². The third-order valence-corrected chi connectivity index (χ3v) is 6.15. The monoisotopic (exact) mass is 493 g/mol. The van der Waals surface area contributed by atoms with E-state index in [1.807, 2.05) is 6.08 Å². The molecule has 5 nitrogen and oxygen atoms in total. The van der Waals surface area contributed by atoms with E-state index in [2.05, 4.69) is 43.5 Å². The zero-order valence-corrected chi connectivity index (χ0v) is 22.7. The molecule has 5 heteroatoms. The summed E-state index contributed by atoms with van der Waals surface area (Å²) >= 11 is 0. The van der Waals surface area contributed by atoms with E-state index in [4.69, 9.17) is 0 Å². The maximum Gasteiger partial charge on any atom is 0.222 e. The van der Waals surface area contributed by atoms with E-state index in [1.54, 1.807) is 6.08 Å². The van der Waals surface area contributed by atoms with Crippen LogP contribution in [0, 0.1) is 0 Å². The number of nitrogens with one attached hydrogen (secondary N) is 1. The van der Waals surface area contributed by atoms with Gasteiger partial charge in [0, 0.05) is 0 Å². The van der Waals surface area contributed by atoms with Crippen molar-refractivity contribution < 1.29 is 20.1 Å². The number of carbonyl (C=O) groups is 1. The van der Waals surface area contributed by atoms with Gasteiger partial charge in [-0.3, -0.25) is 4.79 Å². The minimum Gasteiger partial charge on any atom is -0.394 e. The summed E-state index contributed by atoms with van der Waals surface area (Å²) in [5.41, 5.74) is 0. The SMILES string of the molecule is CCCCC/C=C/CC/C=C/C(O)C(CO)NC(=O)CC(O)CCC/C=C\CCCCCCCC. The van der Waals surface area contributed by atoms with Crippen molar-refractivity contribution in [2.75, 3.05) is 6.61 Å². The summed E-state index contributed by atoms with van der Waals surface area (Å²) in [5.74, 6) is -0.349. The van der Waals surface area contributed by atoms with Crippen molar-refractivity contribution in [2.45, 2.75) is 141 Å². The van der Waals surface area contributed by atoms with Crippen LogP contribution in [0.15, 0.2) is 36.5 Å². The average Bonchev–Trinajstić information content (AvgIpc) is 2.84. The second kappa shape index (κ2) is 25.7. The third-order valence-electron chi connectivity index (χ3n) is 6.15. The molecule has 0 fully saturated rings. The predicted octanol–water partition coefficient (Wildman–Crippen LogP) is 6.53. The Morgan fingerprint density at radius 3 is 1.89 bits per heavy atom. The highest BCUT2D eigenvalue weighted by Crippen LogP contribution is 2.09. The number of allylic oxidation sites excluding steroid dienone is 5. The van der Waals surface area contributed by atoms with Gasteiger partial charge in [-0.25, -0.2) is 0 Å². The Kier molecular flexibility index (Phi) is 24.6. The first-order valence-corrected chi connectivity index (χ1v) is 14.3. The molecule has 35 heavy (non-hydrogen) atoms. The number of unbranched alkanes of at least 4 members (excludes halogenated alkanes) is 11. The second-order valence-corrected chi connectivity index (χ2v) is 9.64. The number of hydrogen-bond acceptors (Lipinski definition) is 4. The highest BCUT2D eigenvalue weighted by molar-refractivity contribution is 5.76. The van der Waals surface area contributed by atoms with E-state index < -0.39 is 18.2 Å². The summed E-state index contributed by atoms with van der Waals surface area (Å²) in [6.45, 7) is 4.08. The maximum atomic E-state index is 12.2. The number of rotatable bonds is 24. The fraction of sp³-hybridized carbons (Fsp3) is 0.767.